The quantitative estimate of drug-likeness (QED) is 0.599. The van der Waals surface area contributed by atoms with Crippen molar-refractivity contribution in [2.45, 2.75) is 4.90 Å². The van der Waals surface area contributed by atoms with E-state index in [9.17, 15) is 13.2 Å². The van der Waals surface area contributed by atoms with E-state index >= 15 is 0 Å². The molecule has 146 valence electrons. The smallest absolute Gasteiger partial charge is 0.295 e. The predicted molar refractivity (Wildman–Crippen MR) is 109 cm³/mol. The second-order valence-corrected chi connectivity index (χ2v) is 9.10. The first kappa shape index (κ1) is 21.4. The van der Waals surface area contributed by atoms with Crippen LogP contribution in [-0.2, 0) is 9.84 Å². The molecule has 0 atom stereocenters. The number of benzene rings is 1. The summed E-state index contributed by atoms with van der Waals surface area (Å²) in [6.45, 7) is 1.03. The van der Waals surface area contributed by atoms with E-state index in [0.29, 0.717) is 28.4 Å². The predicted octanol–water partition coefficient (Wildman–Crippen LogP) is 2.92. The van der Waals surface area contributed by atoms with Gasteiger partial charge in [0.1, 0.15) is 5.52 Å². The van der Waals surface area contributed by atoms with Crippen LogP contribution in [0.4, 0.5) is 5.13 Å². The number of carbonyl (C=O) groups excluding carboxylic acids is 1. The fourth-order valence-electron chi connectivity index (χ4n) is 2.44. The Bertz CT molecular complexity index is 1030. The van der Waals surface area contributed by atoms with Crippen LogP contribution in [0, 0.1) is 0 Å². The van der Waals surface area contributed by atoms with E-state index in [0.717, 1.165) is 6.26 Å². The number of para-hydroxylation sites is 1. The van der Waals surface area contributed by atoms with Crippen LogP contribution < -0.4 is 4.90 Å². The molecule has 2 aromatic heterocycles. The van der Waals surface area contributed by atoms with Gasteiger partial charge in [0.15, 0.2) is 20.7 Å². The summed E-state index contributed by atoms with van der Waals surface area (Å²) in [7, 11) is 0.408. The van der Waals surface area contributed by atoms with Crippen LogP contribution in [0.25, 0.3) is 10.2 Å². The van der Waals surface area contributed by atoms with E-state index in [1.165, 1.54) is 28.6 Å². The molecule has 0 bridgehead atoms. The Kier molecular flexibility index (Phi) is 6.63. The fourth-order valence-corrected chi connectivity index (χ4v) is 4.36. The number of amides is 1. The number of aromatic nitrogens is 1. The molecule has 0 aliphatic rings. The van der Waals surface area contributed by atoms with Crippen LogP contribution in [-0.4, -0.2) is 57.6 Å². The SMILES string of the molecule is CN(C)CCN(C(=O)c1ccco1)c1nc2c(S(C)(=O)=O)cccc2s1.Cl. The van der Waals surface area contributed by atoms with E-state index in [-0.39, 0.29) is 29.0 Å². The van der Waals surface area contributed by atoms with Crippen molar-refractivity contribution in [3.63, 3.8) is 0 Å². The molecule has 0 radical (unpaired) electrons. The van der Waals surface area contributed by atoms with Gasteiger partial charge < -0.3 is 9.32 Å². The number of halogens is 1. The van der Waals surface area contributed by atoms with Crippen LogP contribution >= 0.6 is 23.7 Å². The normalized spacial score (nSPS) is 11.6. The minimum Gasteiger partial charge on any atom is -0.459 e. The third-order valence-electron chi connectivity index (χ3n) is 3.75. The molecule has 0 aliphatic carbocycles. The topological polar surface area (TPSA) is 83.7 Å². The summed E-state index contributed by atoms with van der Waals surface area (Å²) in [5.74, 6) is -0.0943. The molecule has 10 heteroatoms. The molecule has 2 heterocycles. The molecular formula is C17H20ClN3O4S2. The number of hydrogen-bond donors (Lipinski definition) is 0. The Hall–Kier alpha value is -1.94. The first-order valence-electron chi connectivity index (χ1n) is 7.87. The molecule has 3 aromatic rings. The van der Waals surface area contributed by atoms with Crippen molar-refractivity contribution in [3.8, 4) is 0 Å². The maximum Gasteiger partial charge on any atom is 0.295 e. The number of carbonyl (C=O) groups is 1. The zero-order chi connectivity index (χ0) is 18.9. The Labute approximate surface area is 167 Å². The lowest BCUT2D eigenvalue weighted by atomic mass is 10.3. The molecule has 0 spiro atoms. The first-order chi connectivity index (χ1) is 12.3. The number of thiazole rings is 1. The van der Waals surface area contributed by atoms with Crippen LogP contribution in [0.1, 0.15) is 10.6 Å². The van der Waals surface area contributed by atoms with Crippen LogP contribution in [0.2, 0.25) is 0 Å². The average molecular weight is 430 g/mol. The molecular weight excluding hydrogens is 410 g/mol. The molecule has 7 nitrogen and oxygen atoms in total. The summed E-state index contributed by atoms with van der Waals surface area (Å²) in [6.07, 6.45) is 2.59. The molecule has 0 fully saturated rings. The summed E-state index contributed by atoms with van der Waals surface area (Å²) < 4.78 is 30.0. The second-order valence-electron chi connectivity index (χ2n) is 6.11. The summed E-state index contributed by atoms with van der Waals surface area (Å²) >= 11 is 1.28. The van der Waals surface area contributed by atoms with Crippen LogP contribution in [0.15, 0.2) is 45.9 Å². The third-order valence-corrected chi connectivity index (χ3v) is 5.92. The van der Waals surface area contributed by atoms with Gasteiger partial charge in [-0.2, -0.15) is 0 Å². The van der Waals surface area contributed by atoms with Crippen molar-refractivity contribution < 1.29 is 17.6 Å². The largest absolute Gasteiger partial charge is 0.459 e. The van der Waals surface area contributed by atoms with Gasteiger partial charge in [-0.1, -0.05) is 17.4 Å². The van der Waals surface area contributed by atoms with E-state index in [2.05, 4.69) is 4.98 Å². The molecule has 27 heavy (non-hydrogen) atoms. The van der Waals surface area contributed by atoms with Crippen LogP contribution in [0.3, 0.4) is 0 Å². The van der Waals surface area contributed by atoms with Crippen molar-refractivity contribution >= 4 is 54.8 Å². The number of anilines is 1. The molecule has 1 aromatic carbocycles. The van der Waals surface area contributed by atoms with E-state index in [4.69, 9.17) is 4.42 Å². The molecule has 1 amide bonds. The highest BCUT2D eigenvalue weighted by molar-refractivity contribution is 7.91. The minimum absolute atomic E-state index is 0. The lowest BCUT2D eigenvalue weighted by molar-refractivity contribution is 0.0958. The lowest BCUT2D eigenvalue weighted by Gasteiger charge is -2.20. The average Bonchev–Trinajstić information content (AvgIpc) is 3.22. The Morgan fingerprint density at radius 3 is 2.52 bits per heavy atom. The number of fused-ring (bicyclic) bond motifs is 1. The monoisotopic (exact) mass is 429 g/mol. The summed E-state index contributed by atoms with van der Waals surface area (Å²) in [6, 6.07) is 8.25. The zero-order valence-electron chi connectivity index (χ0n) is 15.1. The van der Waals surface area contributed by atoms with Gasteiger partial charge in [-0.3, -0.25) is 9.69 Å². The van der Waals surface area contributed by atoms with Gasteiger partial charge in [-0.15, -0.1) is 12.4 Å². The van der Waals surface area contributed by atoms with Crippen molar-refractivity contribution in [1.29, 1.82) is 0 Å². The van der Waals surface area contributed by atoms with E-state index in [1.807, 2.05) is 19.0 Å². The van der Waals surface area contributed by atoms with Gasteiger partial charge in [0.2, 0.25) is 0 Å². The molecule has 0 unspecified atom stereocenters. The van der Waals surface area contributed by atoms with Gasteiger partial charge >= 0.3 is 0 Å². The molecule has 3 rings (SSSR count). The summed E-state index contributed by atoms with van der Waals surface area (Å²) in [5, 5.41) is 0.444. The van der Waals surface area contributed by atoms with E-state index in [1.54, 1.807) is 24.3 Å². The Morgan fingerprint density at radius 1 is 1.19 bits per heavy atom. The maximum absolute atomic E-state index is 12.8. The second kappa shape index (κ2) is 8.39. The number of nitrogens with zero attached hydrogens (tertiary/aromatic N) is 3. The summed E-state index contributed by atoms with van der Waals surface area (Å²) in [4.78, 5) is 21.0. The van der Waals surface area contributed by atoms with Gasteiger partial charge in [0.05, 0.1) is 15.9 Å². The van der Waals surface area contributed by atoms with Crippen molar-refractivity contribution in [3.05, 3.63) is 42.4 Å². The van der Waals surface area contributed by atoms with Crippen molar-refractivity contribution in [1.82, 2.24) is 9.88 Å². The molecule has 0 aliphatic heterocycles. The standard InChI is InChI=1S/C17H19N3O4S2.ClH/c1-19(2)9-10-20(16(21)12-6-5-11-24-12)17-18-15-13(25-17)7-4-8-14(15)26(3,22)23;/h4-8,11H,9-10H2,1-3H3;1H. The van der Waals surface area contributed by atoms with E-state index < -0.39 is 9.84 Å². The minimum atomic E-state index is -3.42. The first-order valence-corrected chi connectivity index (χ1v) is 10.6. The number of hydrogen-bond acceptors (Lipinski definition) is 7. The van der Waals surface area contributed by atoms with Crippen LogP contribution in [0.5, 0.6) is 0 Å². The van der Waals surface area contributed by atoms with Gasteiger partial charge in [0, 0.05) is 19.3 Å². The number of rotatable bonds is 6. The van der Waals surface area contributed by atoms with Gasteiger partial charge in [-0.25, -0.2) is 13.4 Å². The number of sulfone groups is 1. The van der Waals surface area contributed by atoms with Crippen molar-refractivity contribution in [2.24, 2.45) is 0 Å². The maximum atomic E-state index is 12.8. The number of likely N-dealkylation sites (N-methyl/N-ethyl adjacent to an activating group) is 1. The van der Waals surface area contributed by atoms with Gasteiger partial charge in [-0.05, 0) is 38.4 Å². The highest BCUT2D eigenvalue weighted by Gasteiger charge is 2.25. The third kappa shape index (κ3) is 4.67. The molecule has 0 N–H and O–H groups in total. The summed E-state index contributed by atoms with van der Waals surface area (Å²) in [5.41, 5.74) is 0.386. The lowest BCUT2D eigenvalue weighted by Crippen LogP contribution is -2.36. The zero-order valence-corrected chi connectivity index (χ0v) is 17.5. The van der Waals surface area contributed by atoms with Gasteiger partial charge in [0.25, 0.3) is 5.91 Å². The fraction of sp³-hybridized carbons (Fsp3) is 0.294. The van der Waals surface area contributed by atoms with Crippen molar-refractivity contribution in [2.75, 3.05) is 38.3 Å². The molecule has 0 saturated carbocycles. The molecule has 0 saturated heterocycles. The highest BCUT2D eigenvalue weighted by atomic mass is 35.5. The number of furan rings is 1. The highest BCUT2D eigenvalue weighted by Crippen LogP contribution is 2.33. The Balaban J connectivity index is 0.00000261. The Morgan fingerprint density at radius 2 is 1.93 bits per heavy atom.